The van der Waals surface area contributed by atoms with Crippen molar-refractivity contribution in [1.82, 2.24) is 9.97 Å². The van der Waals surface area contributed by atoms with Crippen LogP contribution < -0.4 is 0 Å². The van der Waals surface area contributed by atoms with Gasteiger partial charge in [0, 0.05) is 32.9 Å². The molecule has 2 aromatic heterocycles. The summed E-state index contributed by atoms with van der Waals surface area (Å²) >= 11 is 0. The molecule has 0 fully saturated rings. The first-order valence-corrected chi connectivity index (χ1v) is 22.5. The summed E-state index contributed by atoms with van der Waals surface area (Å²) in [5, 5.41) is 2.23. The van der Waals surface area contributed by atoms with Crippen molar-refractivity contribution in [3.63, 3.8) is 0 Å². The van der Waals surface area contributed by atoms with Crippen LogP contribution in [0.4, 0.5) is 0 Å². The minimum absolute atomic E-state index is 0.161. The third-order valence-electron chi connectivity index (χ3n) is 14.2. The average Bonchev–Trinajstić information content (AvgIpc) is 3.97. The van der Waals surface area contributed by atoms with Crippen molar-refractivity contribution in [3.05, 3.63) is 252 Å². The van der Waals surface area contributed by atoms with Crippen LogP contribution in [0.3, 0.4) is 0 Å². The van der Waals surface area contributed by atoms with Gasteiger partial charge in [0.15, 0.2) is 5.82 Å². The van der Waals surface area contributed by atoms with Crippen molar-refractivity contribution < 1.29 is 4.42 Å². The van der Waals surface area contributed by atoms with Gasteiger partial charge >= 0.3 is 0 Å². The van der Waals surface area contributed by atoms with Crippen LogP contribution in [0.2, 0.25) is 0 Å². The molecule has 0 unspecified atom stereocenters. The van der Waals surface area contributed by atoms with Gasteiger partial charge in [-0.05, 0) is 109 Å². The van der Waals surface area contributed by atoms with E-state index < -0.39 is 5.41 Å². The maximum absolute atomic E-state index is 6.20. The van der Waals surface area contributed by atoms with Crippen molar-refractivity contribution in [3.8, 4) is 67.3 Å². The topological polar surface area (TPSA) is 38.9 Å². The van der Waals surface area contributed by atoms with E-state index in [9.17, 15) is 0 Å². The summed E-state index contributed by atoms with van der Waals surface area (Å²) in [7, 11) is 0. The molecule has 2 aliphatic carbocycles. The first kappa shape index (κ1) is 37.4. The molecule has 0 atom stereocenters. The molecule has 13 rings (SSSR count). The van der Waals surface area contributed by atoms with Crippen LogP contribution in [0.25, 0.3) is 89.2 Å². The van der Waals surface area contributed by atoms with Gasteiger partial charge in [-0.2, -0.15) is 0 Å². The minimum atomic E-state index is -0.528. The lowest BCUT2D eigenvalue weighted by molar-refractivity contribution is 0.660. The molecule has 0 saturated carbocycles. The number of furan rings is 1. The quantitative estimate of drug-likeness (QED) is 0.168. The summed E-state index contributed by atoms with van der Waals surface area (Å²) < 4.78 is 6.20. The van der Waals surface area contributed by atoms with Crippen molar-refractivity contribution in [1.29, 1.82) is 0 Å². The molecule has 3 nitrogen and oxygen atoms in total. The van der Waals surface area contributed by atoms with E-state index in [4.69, 9.17) is 14.4 Å². The molecular formula is C62H42N2O. The van der Waals surface area contributed by atoms with Crippen LogP contribution in [0.1, 0.15) is 47.2 Å². The number of para-hydroxylation sites is 1. The predicted octanol–water partition coefficient (Wildman–Crippen LogP) is 15.7. The van der Waals surface area contributed by atoms with E-state index >= 15 is 0 Å². The maximum atomic E-state index is 6.20. The Morgan fingerprint density at radius 2 is 0.862 bits per heavy atom. The van der Waals surface area contributed by atoms with Crippen molar-refractivity contribution in [2.75, 3.05) is 0 Å². The highest BCUT2D eigenvalue weighted by Crippen LogP contribution is 2.57. The minimum Gasteiger partial charge on any atom is -0.456 e. The molecule has 9 aromatic carbocycles. The number of hydrogen-bond acceptors (Lipinski definition) is 3. The summed E-state index contributed by atoms with van der Waals surface area (Å²) in [6.45, 7) is 4.65. The summed E-state index contributed by atoms with van der Waals surface area (Å²) in [5.41, 5.74) is 20.8. The van der Waals surface area contributed by atoms with Gasteiger partial charge in [0.25, 0.3) is 0 Å². The molecule has 0 aliphatic heterocycles. The van der Waals surface area contributed by atoms with Crippen LogP contribution in [0, 0.1) is 0 Å². The highest BCUT2D eigenvalue weighted by Gasteiger charge is 2.46. The fourth-order valence-electron chi connectivity index (χ4n) is 11.1. The molecule has 0 amide bonds. The number of benzene rings is 9. The van der Waals surface area contributed by atoms with Gasteiger partial charge in [-0.15, -0.1) is 0 Å². The van der Waals surface area contributed by atoms with Gasteiger partial charge in [0.1, 0.15) is 11.2 Å². The van der Waals surface area contributed by atoms with E-state index in [1.165, 1.54) is 55.6 Å². The Labute approximate surface area is 378 Å². The molecular weight excluding hydrogens is 789 g/mol. The SMILES string of the molecule is CC1(C)c2ccccc2-c2ccc(-c3nc(-c4cccc(-c5ccc6oc7ccccc7c6c5)c4)cc(-c4ccc5c(c4)C(c4ccccc4)(c4ccccc4)c4ccccc4-5)n3)cc21. The second-order valence-electron chi connectivity index (χ2n) is 18.1. The first-order valence-electron chi connectivity index (χ1n) is 22.5. The first-order chi connectivity index (χ1) is 31.9. The van der Waals surface area contributed by atoms with E-state index in [1.54, 1.807) is 0 Å². The predicted molar refractivity (Wildman–Crippen MR) is 266 cm³/mol. The molecule has 2 aliphatic rings. The third-order valence-corrected chi connectivity index (χ3v) is 14.2. The Balaban J connectivity index is 1.01. The Hall–Kier alpha value is -8.14. The summed E-state index contributed by atoms with van der Waals surface area (Å²) in [5.74, 6) is 0.699. The molecule has 3 heteroatoms. The smallest absolute Gasteiger partial charge is 0.160 e. The maximum Gasteiger partial charge on any atom is 0.160 e. The second-order valence-corrected chi connectivity index (χ2v) is 18.1. The molecule has 0 bridgehead atoms. The van der Waals surface area contributed by atoms with Crippen molar-refractivity contribution in [2.24, 2.45) is 0 Å². The second kappa shape index (κ2) is 14.2. The lowest BCUT2D eigenvalue weighted by Crippen LogP contribution is -2.28. The molecule has 0 saturated heterocycles. The molecule has 0 N–H and O–H groups in total. The van der Waals surface area contributed by atoms with Gasteiger partial charge in [-0.25, -0.2) is 9.97 Å². The average molecular weight is 831 g/mol. The van der Waals surface area contributed by atoms with Crippen LogP contribution in [0.15, 0.2) is 223 Å². The van der Waals surface area contributed by atoms with Crippen LogP contribution in [-0.4, -0.2) is 9.97 Å². The van der Waals surface area contributed by atoms with E-state index in [1.807, 2.05) is 12.1 Å². The van der Waals surface area contributed by atoms with Crippen molar-refractivity contribution >= 4 is 21.9 Å². The fourth-order valence-corrected chi connectivity index (χ4v) is 11.1. The summed E-state index contributed by atoms with van der Waals surface area (Å²) in [6, 6.07) is 79.1. The normalized spacial score (nSPS) is 13.9. The van der Waals surface area contributed by atoms with Gasteiger partial charge in [-0.3, -0.25) is 0 Å². The molecule has 306 valence electrons. The highest BCUT2D eigenvalue weighted by molar-refractivity contribution is 6.06. The zero-order valence-electron chi connectivity index (χ0n) is 36.1. The van der Waals surface area contributed by atoms with E-state index in [2.05, 4.69) is 220 Å². The monoisotopic (exact) mass is 830 g/mol. The van der Waals surface area contributed by atoms with Crippen molar-refractivity contribution in [2.45, 2.75) is 24.7 Å². The lowest BCUT2D eigenvalue weighted by Gasteiger charge is -2.34. The molecule has 65 heavy (non-hydrogen) atoms. The standard InChI is InChI=1S/C62H42N2O/c1-61(2)52-25-12-9-22-46(52)48-32-29-43(37-54(48)61)60-63-56(41-17-15-16-39(34-41)40-30-33-59-51(35-40)50-24-11-14-27-58(50)65-59)38-57(64-60)42-28-31-49-47-23-10-13-26-53(47)62(55(49)36-42,44-18-5-3-6-19-44)45-20-7-4-8-21-45/h3-38H,1-2H3. The van der Waals surface area contributed by atoms with E-state index in [-0.39, 0.29) is 5.41 Å². The summed E-state index contributed by atoms with van der Waals surface area (Å²) in [6.07, 6.45) is 0. The van der Waals surface area contributed by atoms with Crippen LogP contribution in [-0.2, 0) is 10.8 Å². The number of rotatable bonds is 6. The molecule has 0 radical (unpaired) electrons. The number of hydrogen-bond donors (Lipinski definition) is 0. The summed E-state index contributed by atoms with van der Waals surface area (Å²) in [4.78, 5) is 10.9. The fraction of sp³-hybridized carbons (Fsp3) is 0.0645. The van der Waals surface area contributed by atoms with Gasteiger partial charge in [0.05, 0.1) is 16.8 Å². The number of nitrogens with zero attached hydrogens (tertiary/aromatic N) is 2. The molecule has 2 heterocycles. The molecule has 0 spiro atoms. The Kier molecular flexibility index (Phi) is 8.17. The van der Waals surface area contributed by atoms with Crippen LogP contribution >= 0.6 is 0 Å². The largest absolute Gasteiger partial charge is 0.456 e. The Morgan fingerprint density at radius 3 is 1.62 bits per heavy atom. The van der Waals surface area contributed by atoms with E-state index in [0.29, 0.717) is 5.82 Å². The Bertz CT molecular complexity index is 3650. The zero-order valence-corrected chi connectivity index (χ0v) is 36.1. The lowest BCUT2D eigenvalue weighted by atomic mass is 9.67. The van der Waals surface area contributed by atoms with Gasteiger partial charge in [-0.1, -0.05) is 190 Å². The third kappa shape index (κ3) is 5.62. The Morgan fingerprint density at radius 1 is 0.338 bits per heavy atom. The molecule has 11 aromatic rings. The zero-order chi connectivity index (χ0) is 43.3. The van der Waals surface area contributed by atoms with Gasteiger partial charge < -0.3 is 4.42 Å². The number of aromatic nitrogens is 2. The number of fused-ring (bicyclic) bond motifs is 9. The van der Waals surface area contributed by atoms with Gasteiger partial charge in [0.2, 0.25) is 0 Å². The highest BCUT2D eigenvalue weighted by atomic mass is 16.3. The van der Waals surface area contributed by atoms with E-state index in [0.717, 1.165) is 61.1 Å². The van der Waals surface area contributed by atoms with Crippen LogP contribution in [0.5, 0.6) is 0 Å².